The summed E-state index contributed by atoms with van der Waals surface area (Å²) in [7, 11) is 0. The number of benzene rings is 1. The zero-order chi connectivity index (χ0) is 17.5. The van der Waals surface area contributed by atoms with Crippen molar-refractivity contribution in [2.45, 2.75) is 12.3 Å². The van der Waals surface area contributed by atoms with Gasteiger partial charge in [-0.25, -0.2) is 13.2 Å². The van der Waals surface area contributed by atoms with Gasteiger partial charge in [-0.2, -0.15) is 0 Å². The maximum atomic E-state index is 13.7. The molecule has 0 radical (unpaired) electrons. The average Bonchev–Trinajstić information content (AvgIpc) is 2.86. The molecule has 2 fully saturated rings. The first kappa shape index (κ1) is 16.5. The van der Waals surface area contributed by atoms with Crippen LogP contribution >= 0.6 is 0 Å². The molecule has 24 heavy (non-hydrogen) atoms. The second kappa shape index (κ2) is 5.92. The van der Waals surface area contributed by atoms with E-state index >= 15 is 0 Å². The fourth-order valence-corrected chi connectivity index (χ4v) is 2.93. The molecule has 2 aliphatic heterocycles. The summed E-state index contributed by atoms with van der Waals surface area (Å²) in [6.07, 6.45) is 0.157. The number of halogens is 3. The van der Waals surface area contributed by atoms with Crippen LogP contribution in [0.3, 0.4) is 0 Å². The van der Waals surface area contributed by atoms with Crippen LogP contribution in [-0.2, 0) is 4.79 Å². The predicted octanol–water partition coefficient (Wildman–Crippen LogP) is 1.58. The molecule has 0 atom stereocenters. The molecular weight excluding hydrogens is 325 g/mol. The molecule has 1 aromatic carbocycles. The Hall–Kier alpha value is -2.38. The molecule has 1 aromatic rings. The lowest BCUT2D eigenvalue weighted by molar-refractivity contribution is -0.140. The molecule has 0 saturated carbocycles. The molecule has 3 rings (SSSR count). The van der Waals surface area contributed by atoms with E-state index < -0.39 is 36.0 Å². The van der Waals surface area contributed by atoms with E-state index in [9.17, 15) is 27.6 Å². The van der Waals surface area contributed by atoms with E-state index in [4.69, 9.17) is 0 Å². The molecule has 0 bridgehead atoms. The average molecular weight is 340 g/mol. The normalized spacial score (nSPS) is 20.0. The van der Waals surface area contributed by atoms with Gasteiger partial charge in [0.1, 0.15) is 12.1 Å². The molecule has 2 saturated heterocycles. The molecule has 2 heterocycles. The first-order valence-corrected chi connectivity index (χ1v) is 7.51. The molecule has 0 aromatic heterocycles. The SMILES string of the molecule is O=Cc1ccc(F)c(C(=O)N2CC(C(=O)N3CCC(F)(F)C3)C2)c1. The van der Waals surface area contributed by atoms with Gasteiger partial charge in [0.15, 0.2) is 0 Å². The topological polar surface area (TPSA) is 57.7 Å². The molecule has 2 aliphatic rings. The Morgan fingerprint density at radius 3 is 2.50 bits per heavy atom. The number of aldehydes is 1. The number of nitrogens with zero attached hydrogens (tertiary/aromatic N) is 2. The summed E-state index contributed by atoms with van der Waals surface area (Å²) in [5.41, 5.74) is -0.0644. The number of amides is 2. The monoisotopic (exact) mass is 340 g/mol. The van der Waals surface area contributed by atoms with Crippen molar-refractivity contribution in [3.05, 3.63) is 35.1 Å². The predicted molar refractivity (Wildman–Crippen MR) is 77.3 cm³/mol. The number of hydrogen-bond acceptors (Lipinski definition) is 3. The third kappa shape index (κ3) is 3.00. The minimum Gasteiger partial charge on any atom is -0.337 e. The second-order valence-corrected chi connectivity index (χ2v) is 6.13. The minimum absolute atomic E-state index is 0.00624. The zero-order valence-corrected chi connectivity index (χ0v) is 12.7. The van der Waals surface area contributed by atoms with Crippen molar-refractivity contribution in [3.63, 3.8) is 0 Å². The summed E-state index contributed by atoms with van der Waals surface area (Å²) in [6.45, 7) is -0.465. The molecule has 2 amide bonds. The lowest BCUT2D eigenvalue weighted by atomic mass is 9.96. The van der Waals surface area contributed by atoms with Gasteiger partial charge >= 0.3 is 0 Å². The summed E-state index contributed by atoms with van der Waals surface area (Å²) in [6, 6.07) is 3.45. The Morgan fingerprint density at radius 1 is 1.21 bits per heavy atom. The smallest absolute Gasteiger partial charge is 0.267 e. The molecule has 8 heteroatoms. The van der Waals surface area contributed by atoms with E-state index in [0.717, 1.165) is 17.0 Å². The van der Waals surface area contributed by atoms with Gasteiger partial charge in [0.05, 0.1) is 18.0 Å². The number of alkyl halides is 2. The Kier molecular flexibility index (Phi) is 4.06. The van der Waals surface area contributed by atoms with Crippen molar-refractivity contribution in [3.8, 4) is 0 Å². The van der Waals surface area contributed by atoms with Crippen molar-refractivity contribution >= 4 is 18.1 Å². The van der Waals surface area contributed by atoms with Gasteiger partial charge in [-0.3, -0.25) is 14.4 Å². The minimum atomic E-state index is -2.85. The highest BCUT2D eigenvalue weighted by atomic mass is 19.3. The summed E-state index contributed by atoms with van der Waals surface area (Å²) in [5, 5.41) is 0. The van der Waals surface area contributed by atoms with E-state index in [-0.39, 0.29) is 37.2 Å². The van der Waals surface area contributed by atoms with Crippen molar-refractivity contribution in [2.75, 3.05) is 26.2 Å². The molecule has 0 spiro atoms. The van der Waals surface area contributed by atoms with Crippen molar-refractivity contribution < 1.29 is 27.6 Å². The van der Waals surface area contributed by atoms with Crippen molar-refractivity contribution in [2.24, 2.45) is 5.92 Å². The van der Waals surface area contributed by atoms with Crippen LogP contribution in [0.1, 0.15) is 27.1 Å². The highest BCUT2D eigenvalue weighted by Crippen LogP contribution is 2.30. The third-order valence-corrected chi connectivity index (χ3v) is 4.36. The van der Waals surface area contributed by atoms with E-state index in [0.29, 0.717) is 6.29 Å². The van der Waals surface area contributed by atoms with Crippen molar-refractivity contribution in [1.29, 1.82) is 0 Å². The molecule has 5 nitrogen and oxygen atoms in total. The molecular formula is C16H15F3N2O3. The van der Waals surface area contributed by atoms with E-state index in [1.165, 1.54) is 11.0 Å². The van der Waals surface area contributed by atoms with Crippen LogP contribution in [0.15, 0.2) is 18.2 Å². The lowest BCUT2D eigenvalue weighted by Gasteiger charge is -2.40. The fourth-order valence-electron chi connectivity index (χ4n) is 2.93. The van der Waals surface area contributed by atoms with Crippen LogP contribution < -0.4 is 0 Å². The summed E-state index contributed by atoms with van der Waals surface area (Å²) in [5.74, 6) is -5.17. The zero-order valence-electron chi connectivity index (χ0n) is 12.7. The summed E-state index contributed by atoms with van der Waals surface area (Å²) >= 11 is 0. The third-order valence-electron chi connectivity index (χ3n) is 4.36. The van der Waals surface area contributed by atoms with Crippen LogP contribution in [0.4, 0.5) is 13.2 Å². The first-order chi connectivity index (χ1) is 11.3. The van der Waals surface area contributed by atoms with Gasteiger partial charge < -0.3 is 9.80 Å². The standard InChI is InChI=1S/C16H15F3N2O3/c17-13-2-1-10(8-22)5-12(13)15(24)21-6-11(7-21)14(23)20-4-3-16(18,19)9-20/h1-2,5,8,11H,3-4,6-7,9H2. The maximum absolute atomic E-state index is 13.7. The Labute approximate surface area is 136 Å². The van der Waals surface area contributed by atoms with Crippen LogP contribution in [-0.4, -0.2) is 60.0 Å². The van der Waals surface area contributed by atoms with E-state index in [1.54, 1.807) is 0 Å². The maximum Gasteiger partial charge on any atom is 0.267 e. The van der Waals surface area contributed by atoms with Gasteiger partial charge in [-0.1, -0.05) is 0 Å². The Balaban J connectivity index is 1.61. The molecule has 0 N–H and O–H groups in total. The molecule has 128 valence electrons. The highest BCUT2D eigenvalue weighted by Gasteiger charge is 2.45. The first-order valence-electron chi connectivity index (χ1n) is 7.51. The molecule has 0 unspecified atom stereocenters. The number of hydrogen-bond donors (Lipinski definition) is 0. The fraction of sp³-hybridized carbons (Fsp3) is 0.438. The van der Waals surface area contributed by atoms with E-state index in [2.05, 4.69) is 0 Å². The van der Waals surface area contributed by atoms with E-state index in [1.807, 2.05) is 0 Å². The second-order valence-electron chi connectivity index (χ2n) is 6.13. The van der Waals surface area contributed by atoms with Crippen molar-refractivity contribution in [1.82, 2.24) is 9.80 Å². The highest BCUT2D eigenvalue weighted by molar-refractivity contribution is 5.97. The van der Waals surface area contributed by atoms with Crippen LogP contribution in [0.2, 0.25) is 0 Å². The Morgan fingerprint density at radius 2 is 1.92 bits per heavy atom. The summed E-state index contributed by atoms with van der Waals surface area (Å²) in [4.78, 5) is 37.5. The largest absolute Gasteiger partial charge is 0.337 e. The van der Waals surface area contributed by atoms with Crippen LogP contribution in [0.5, 0.6) is 0 Å². The summed E-state index contributed by atoms with van der Waals surface area (Å²) < 4.78 is 40.0. The quantitative estimate of drug-likeness (QED) is 0.785. The van der Waals surface area contributed by atoms with Gasteiger partial charge in [-0.05, 0) is 18.2 Å². The van der Waals surface area contributed by atoms with Crippen LogP contribution in [0.25, 0.3) is 0 Å². The molecule has 0 aliphatic carbocycles. The number of rotatable bonds is 3. The van der Waals surface area contributed by atoms with Crippen LogP contribution in [0, 0.1) is 11.7 Å². The number of likely N-dealkylation sites (tertiary alicyclic amines) is 2. The lowest BCUT2D eigenvalue weighted by Crippen LogP contribution is -2.56. The van der Waals surface area contributed by atoms with Gasteiger partial charge in [0.2, 0.25) is 5.91 Å². The number of carbonyl (C=O) groups is 3. The van der Waals surface area contributed by atoms with Gasteiger partial charge in [-0.15, -0.1) is 0 Å². The Bertz CT molecular complexity index is 702. The van der Waals surface area contributed by atoms with Gasteiger partial charge in [0, 0.05) is 31.6 Å². The number of carbonyl (C=O) groups excluding carboxylic acids is 3. The van der Waals surface area contributed by atoms with Gasteiger partial charge in [0.25, 0.3) is 11.8 Å².